The molecule has 0 spiro atoms. The normalized spacial score (nSPS) is 29.2. The molecular formula is C11H11ClN2O2S2. The summed E-state index contributed by atoms with van der Waals surface area (Å²) >= 11 is 11.2. The van der Waals surface area contributed by atoms with Gasteiger partial charge in [-0.1, -0.05) is 17.7 Å². The molecule has 2 aliphatic rings. The van der Waals surface area contributed by atoms with Crippen molar-refractivity contribution in [3.8, 4) is 0 Å². The molecule has 1 N–H and O–H groups in total. The first-order valence-corrected chi connectivity index (χ1v) is 8.13. The van der Waals surface area contributed by atoms with E-state index >= 15 is 0 Å². The van der Waals surface area contributed by atoms with Crippen molar-refractivity contribution < 1.29 is 8.42 Å². The summed E-state index contributed by atoms with van der Waals surface area (Å²) in [5.74, 6) is 0.284. The van der Waals surface area contributed by atoms with Crippen molar-refractivity contribution in [1.29, 1.82) is 0 Å². The molecule has 96 valence electrons. The number of halogens is 1. The molecule has 0 unspecified atom stereocenters. The molecule has 2 aliphatic heterocycles. The maximum atomic E-state index is 11.7. The predicted molar refractivity (Wildman–Crippen MR) is 75.9 cm³/mol. The number of hydrogen-bond donors (Lipinski definition) is 1. The van der Waals surface area contributed by atoms with E-state index in [0.717, 1.165) is 5.69 Å². The predicted octanol–water partition coefficient (Wildman–Crippen LogP) is 1.20. The molecule has 0 aliphatic carbocycles. The van der Waals surface area contributed by atoms with Crippen molar-refractivity contribution in [1.82, 2.24) is 5.32 Å². The standard InChI is InChI=1S/C11H11ClN2O2S2/c12-7-2-1-3-8(4-7)14-10-6-18(15,16)5-9(10)13-11(14)17/h1-4,9-10H,5-6H2,(H,13,17)/t9-,10-/m1/s1. The van der Waals surface area contributed by atoms with E-state index in [9.17, 15) is 8.42 Å². The molecule has 1 aromatic carbocycles. The number of thiocarbonyl (C=S) groups is 1. The van der Waals surface area contributed by atoms with Gasteiger partial charge in [-0.15, -0.1) is 0 Å². The van der Waals surface area contributed by atoms with Gasteiger partial charge in [0.05, 0.1) is 23.6 Å². The number of fused-ring (bicyclic) bond motifs is 1. The van der Waals surface area contributed by atoms with Crippen LogP contribution in [0.15, 0.2) is 24.3 Å². The number of hydrogen-bond acceptors (Lipinski definition) is 3. The van der Waals surface area contributed by atoms with E-state index in [4.69, 9.17) is 23.8 Å². The van der Waals surface area contributed by atoms with Gasteiger partial charge in [0, 0.05) is 10.7 Å². The third-order valence-corrected chi connectivity index (χ3v) is 5.53. The lowest BCUT2D eigenvalue weighted by Gasteiger charge is -2.23. The van der Waals surface area contributed by atoms with Crippen molar-refractivity contribution in [2.45, 2.75) is 12.1 Å². The minimum atomic E-state index is -2.98. The van der Waals surface area contributed by atoms with Crippen LogP contribution in [0.4, 0.5) is 5.69 Å². The van der Waals surface area contributed by atoms with E-state index in [1.54, 1.807) is 12.1 Å². The molecule has 2 saturated heterocycles. The molecule has 2 atom stereocenters. The quantitative estimate of drug-likeness (QED) is 0.790. The van der Waals surface area contributed by atoms with Gasteiger partial charge in [0.2, 0.25) is 0 Å². The zero-order valence-electron chi connectivity index (χ0n) is 9.34. The van der Waals surface area contributed by atoms with Crippen molar-refractivity contribution in [3.05, 3.63) is 29.3 Å². The fraction of sp³-hybridized carbons (Fsp3) is 0.364. The zero-order valence-corrected chi connectivity index (χ0v) is 11.7. The largest absolute Gasteiger partial charge is 0.356 e. The van der Waals surface area contributed by atoms with Crippen molar-refractivity contribution in [2.75, 3.05) is 16.4 Å². The van der Waals surface area contributed by atoms with Crippen LogP contribution in [0.25, 0.3) is 0 Å². The van der Waals surface area contributed by atoms with Gasteiger partial charge in [0.25, 0.3) is 0 Å². The first-order chi connectivity index (χ1) is 8.46. The Morgan fingerprint density at radius 1 is 1.39 bits per heavy atom. The summed E-state index contributed by atoms with van der Waals surface area (Å²) in [6.45, 7) is 0. The number of anilines is 1. The molecular weight excluding hydrogens is 292 g/mol. The Balaban J connectivity index is 1.99. The minimum Gasteiger partial charge on any atom is -0.356 e. The van der Waals surface area contributed by atoms with E-state index in [2.05, 4.69) is 5.32 Å². The number of rotatable bonds is 1. The van der Waals surface area contributed by atoms with Gasteiger partial charge in [-0.05, 0) is 30.4 Å². The second kappa shape index (κ2) is 4.08. The third-order valence-electron chi connectivity index (χ3n) is 3.27. The maximum absolute atomic E-state index is 11.7. The van der Waals surface area contributed by atoms with Gasteiger partial charge < -0.3 is 10.2 Å². The maximum Gasteiger partial charge on any atom is 0.174 e. The fourth-order valence-corrected chi connectivity index (χ4v) is 5.00. The summed E-state index contributed by atoms with van der Waals surface area (Å²) in [4.78, 5) is 1.86. The van der Waals surface area contributed by atoms with Gasteiger partial charge in [0.1, 0.15) is 0 Å². The van der Waals surface area contributed by atoms with Crippen LogP contribution >= 0.6 is 23.8 Å². The second-order valence-corrected chi connectivity index (χ2v) is 7.53. The summed E-state index contributed by atoms with van der Waals surface area (Å²) < 4.78 is 23.3. The summed E-state index contributed by atoms with van der Waals surface area (Å²) in [6, 6.07) is 7.05. The lowest BCUT2D eigenvalue weighted by molar-refractivity contribution is 0.600. The van der Waals surface area contributed by atoms with Crippen LogP contribution in [0.5, 0.6) is 0 Å². The van der Waals surface area contributed by atoms with Crippen molar-refractivity contribution in [3.63, 3.8) is 0 Å². The first kappa shape index (κ1) is 12.2. The fourth-order valence-electron chi connectivity index (χ4n) is 2.53. The molecule has 3 rings (SSSR count). The zero-order chi connectivity index (χ0) is 12.9. The Morgan fingerprint density at radius 3 is 2.89 bits per heavy atom. The SMILES string of the molecule is O=S1(=O)C[C@@H]2[C@@H](C1)NC(=S)N2c1cccc(Cl)c1. The Morgan fingerprint density at radius 2 is 2.17 bits per heavy atom. The molecule has 4 nitrogen and oxygen atoms in total. The molecule has 0 aromatic heterocycles. The van der Waals surface area contributed by atoms with E-state index in [1.807, 2.05) is 17.0 Å². The highest BCUT2D eigenvalue weighted by atomic mass is 35.5. The van der Waals surface area contributed by atoms with Gasteiger partial charge in [-0.25, -0.2) is 8.42 Å². The molecule has 7 heteroatoms. The highest BCUT2D eigenvalue weighted by molar-refractivity contribution is 7.91. The van der Waals surface area contributed by atoms with Crippen LogP contribution in [0.2, 0.25) is 5.02 Å². The molecule has 0 saturated carbocycles. The smallest absolute Gasteiger partial charge is 0.174 e. The molecule has 2 fully saturated rings. The molecule has 18 heavy (non-hydrogen) atoms. The van der Waals surface area contributed by atoms with Crippen molar-refractivity contribution >= 4 is 44.5 Å². The average Bonchev–Trinajstić information content (AvgIpc) is 2.68. The summed E-state index contributed by atoms with van der Waals surface area (Å²) in [7, 11) is -2.98. The van der Waals surface area contributed by atoms with Crippen LogP contribution in [0.3, 0.4) is 0 Å². The Bertz CT molecular complexity index is 617. The van der Waals surface area contributed by atoms with Crippen LogP contribution in [0.1, 0.15) is 0 Å². The van der Waals surface area contributed by atoms with E-state index in [1.165, 1.54) is 0 Å². The third kappa shape index (κ3) is 1.98. The van der Waals surface area contributed by atoms with Gasteiger partial charge in [-0.3, -0.25) is 0 Å². The van der Waals surface area contributed by atoms with E-state index in [0.29, 0.717) is 10.1 Å². The van der Waals surface area contributed by atoms with Gasteiger partial charge in [-0.2, -0.15) is 0 Å². The highest BCUT2D eigenvalue weighted by Gasteiger charge is 2.47. The van der Waals surface area contributed by atoms with E-state index < -0.39 is 9.84 Å². The topological polar surface area (TPSA) is 49.4 Å². The molecule has 1 aromatic rings. The summed E-state index contributed by atoms with van der Waals surface area (Å²) in [5, 5.41) is 4.26. The number of benzene rings is 1. The summed E-state index contributed by atoms with van der Waals surface area (Å²) in [6.07, 6.45) is 0. The van der Waals surface area contributed by atoms with Crippen molar-refractivity contribution in [2.24, 2.45) is 0 Å². The molecule has 2 heterocycles. The molecule has 0 radical (unpaired) electrons. The Hall–Kier alpha value is -0.850. The molecule has 0 amide bonds. The van der Waals surface area contributed by atoms with Crippen LogP contribution in [-0.4, -0.2) is 37.1 Å². The average molecular weight is 303 g/mol. The number of nitrogens with zero attached hydrogens (tertiary/aromatic N) is 1. The minimum absolute atomic E-state index is 0.110. The van der Waals surface area contributed by atoms with Gasteiger partial charge >= 0.3 is 0 Å². The van der Waals surface area contributed by atoms with Gasteiger partial charge in [0.15, 0.2) is 14.9 Å². The highest BCUT2D eigenvalue weighted by Crippen LogP contribution is 2.30. The monoisotopic (exact) mass is 302 g/mol. The second-order valence-electron chi connectivity index (χ2n) is 4.55. The Labute approximate surface area is 116 Å². The summed E-state index contributed by atoms with van der Waals surface area (Å²) in [5.41, 5.74) is 0.838. The van der Waals surface area contributed by atoms with E-state index in [-0.39, 0.29) is 23.6 Å². The van der Waals surface area contributed by atoms with Crippen LogP contribution < -0.4 is 10.2 Å². The lowest BCUT2D eigenvalue weighted by atomic mass is 10.1. The number of sulfone groups is 1. The molecule has 0 bridgehead atoms. The number of nitrogens with one attached hydrogen (secondary N) is 1. The van der Waals surface area contributed by atoms with Crippen LogP contribution in [-0.2, 0) is 9.84 Å². The van der Waals surface area contributed by atoms with Crippen LogP contribution in [0, 0.1) is 0 Å². The lowest BCUT2D eigenvalue weighted by Crippen LogP contribution is -2.36. The Kier molecular flexibility index (Phi) is 2.76. The first-order valence-electron chi connectivity index (χ1n) is 5.52.